The van der Waals surface area contributed by atoms with Crippen LogP contribution in [0, 0.1) is 13.8 Å². The van der Waals surface area contributed by atoms with Gasteiger partial charge in [-0.05, 0) is 76.1 Å². The maximum atomic E-state index is 14.7. The van der Waals surface area contributed by atoms with Crippen LogP contribution >= 0.6 is 0 Å². The number of carbonyl (C=O) groups excluding carboxylic acids is 3. The average molecular weight is 606 g/mol. The lowest BCUT2D eigenvalue weighted by molar-refractivity contribution is -0.143. The number of aryl methyl sites for hydroxylation is 2. The molecular formula is C37H55N3O4. The number of unbranched alkanes of at least 4 members (excludes halogenated alkanes) is 4. The Hall–Kier alpha value is -3.35. The average Bonchev–Trinajstić information content (AvgIpc) is 2.97. The van der Waals surface area contributed by atoms with Crippen molar-refractivity contribution in [2.24, 2.45) is 0 Å². The molecule has 0 heterocycles. The van der Waals surface area contributed by atoms with Gasteiger partial charge in [-0.2, -0.15) is 0 Å². The first-order valence-electron chi connectivity index (χ1n) is 16.7. The standard InChI is InChI=1S/C37H55N3O4/c1-7-8-9-10-17-24-40(35(42)32(26-29-18-13-11-14-19-29)39-36(43)44-37(4,5)6)33(30-23-22-27(2)28(3)25-30)34(41)38-31-20-15-12-16-21-31/h11,13-14,18-19,22-23,25,31-33H,7-10,12,15-17,20-21,24,26H2,1-6H3,(H,38,41)(H,39,43). The van der Waals surface area contributed by atoms with Crippen LogP contribution in [0.1, 0.15) is 120 Å². The molecule has 2 N–H and O–H groups in total. The summed E-state index contributed by atoms with van der Waals surface area (Å²) in [6, 6.07) is 14.1. The Balaban J connectivity index is 2.03. The van der Waals surface area contributed by atoms with Crippen LogP contribution in [0.25, 0.3) is 0 Å². The van der Waals surface area contributed by atoms with Gasteiger partial charge in [-0.3, -0.25) is 9.59 Å². The third-order valence-electron chi connectivity index (χ3n) is 8.42. The molecule has 0 radical (unpaired) electrons. The van der Waals surface area contributed by atoms with Crippen LogP contribution in [-0.2, 0) is 20.7 Å². The highest BCUT2D eigenvalue weighted by Gasteiger charge is 2.37. The molecule has 2 unspecified atom stereocenters. The molecule has 3 amide bonds. The first kappa shape index (κ1) is 35.1. The maximum absolute atomic E-state index is 14.7. The van der Waals surface area contributed by atoms with Gasteiger partial charge in [0.1, 0.15) is 17.7 Å². The molecule has 1 aliphatic rings. The van der Waals surface area contributed by atoms with Gasteiger partial charge in [0, 0.05) is 19.0 Å². The van der Waals surface area contributed by atoms with E-state index >= 15 is 0 Å². The van der Waals surface area contributed by atoms with Gasteiger partial charge in [-0.25, -0.2) is 4.79 Å². The fourth-order valence-corrected chi connectivity index (χ4v) is 5.89. The minimum atomic E-state index is -0.903. The SMILES string of the molecule is CCCCCCCN(C(=O)C(Cc1ccccc1)NC(=O)OC(C)(C)C)C(C(=O)NC1CCCCC1)c1ccc(C)c(C)c1. The molecule has 0 aliphatic heterocycles. The zero-order valence-corrected chi connectivity index (χ0v) is 27.9. The lowest BCUT2D eigenvalue weighted by Crippen LogP contribution is -2.54. The molecule has 1 fully saturated rings. The highest BCUT2D eigenvalue weighted by atomic mass is 16.6. The number of hydrogen-bond donors (Lipinski definition) is 2. The number of amides is 3. The Morgan fingerprint density at radius 3 is 2.23 bits per heavy atom. The smallest absolute Gasteiger partial charge is 0.408 e. The first-order chi connectivity index (χ1) is 21.0. The highest BCUT2D eigenvalue weighted by Crippen LogP contribution is 2.28. The molecule has 3 rings (SSSR count). The minimum Gasteiger partial charge on any atom is -0.444 e. The van der Waals surface area contributed by atoms with Crippen molar-refractivity contribution in [1.82, 2.24) is 15.5 Å². The van der Waals surface area contributed by atoms with Crippen LogP contribution in [0.15, 0.2) is 48.5 Å². The number of alkyl carbamates (subject to hydrolysis) is 1. The molecule has 44 heavy (non-hydrogen) atoms. The van der Waals surface area contributed by atoms with Gasteiger partial charge in [-0.15, -0.1) is 0 Å². The molecule has 7 heteroatoms. The number of rotatable bonds is 14. The second kappa shape index (κ2) is 17.2. The number of hydrogen-bond acceptors (Lipinski definition) is 4. The topological polar surface area (TPSA) is 87.7 Å². The van der Waals surface area contributed by atoms with E-state index in [0.717, 1.165) is 80.0 Å². The van der Waals surface area contributed by atoms with Crippen molar-refractivity contribution in [1.29, 1.82) is 0 Å². The third-order valence-corrected chi connectivity index (χ3v) is 8.42. The largest absolute Gasteiger partial charge is 0.444 e. The van der Waals surface area contributed by atoms with Gasteiger partial charge >= 0.3 is 6.09 Å². The van der Waals surface area contributed by atoms with E-state index in [-0.39, 0.29) is 24.3 Å². The second-order valence-electron chi connectivity index (χ2n) is 13.4. The summed E-state index contributed by atoms with van der Waals surface area (Å²) >= 11 is 0. The summed E-state index contributed by atoms with van der Waals surface area (Å²) in [5.41, 5.74) is 3.19. The summed E-state index contributed by atoms with van der Waals surface area (Å²) in [6.45, 7) is 12.1. The predicted molar refractivity (Wildman–Crippen MR) is 177 cm³/mol. The van der Waals surface area contributed by atoms with Crippen LogP contribution < -0.4 is 10.6 Å². The van der Waals surface area contributed by atoms with Crippen LogP contribution in [-0.4, -0.2) is 47.0 Å². The van der Waals surface area contributed by atoms with Gasteiger partial charge in [0.15, 0.2) is 0 Å². The van der Waals surface area contributed by atoms with Crippen LogP contribution in [0.4, 0.5) is 4.79 Å². The van der Waals surface area contributed by atoms with E-state index in [2.05, 4.69) is 17.6 Å². The Labute approximate surface area is 265 Å². The summed E-state index contributed by atoms with van der Waals surface area (Å²) in [5.74, 6) is -0.435. The van der Waals surface area contributed by atoms with Gasteiger partial charge in [0.25, 0.3) is 0 Å². The van der Waals surface area contributed by atoms with E-state index in [1.54, 1.807) is 25.7 Å². The van der Waals surface area contributed by atoms with Crippen molar-refractivity contribution in [3.05, 3.63) is 70.8 Å². The van der Waals surface area contributed by atoms with E-state index in [1.807, 2.05) is 62.4 Å². The molecule has 2 aromatic carbocycles. The number of nitrogens with one attached hydrogen (secondary N) is 2. The Kier molecular flexibility index (Phi) is 13.7. The molecule has 0 aromatic heterocycles. The van der Waals surface area contributed by atoms with Gasteiger partial charge in [-0.1, -0.05) is 100 Å². The van der Waals surface area contributed by atoms with Gasteiger partial charge < -0.3 is 20.3 Å². The summed E-state index contributed by atoms with van der Waals surface area (Å²) in [4.78, 5) is 43.7. The normalized spacial score (nSPS) is 15.2. The quantitative estimate of drug-likeness (QED) is 0.216. The van der Waals surface area contributed by atoms with E-state index in [1.165, 1.54) is 6.42 Å². The number of benzene rings is 2. The van der Waals surface area contributed by atoms with E-state index < -0.39 is 23.8 Å². The number of carbonyl (C=O) groups is 3. The molecule has 0 saturated heterocycles. The Bertz CT molecular complexity index is 1200. The van der Waals surface area contributed by atoms with Crippen molar-refractivity contribution in [2.45, 2.75) is 136 Å². The van der Waals surface area contributed by atoms with Crippen molar-refractivity contribution < 1.29 is 19.1 Å². The molecule has 242 valence electrons. The molecule has 1 aliphatic carbocycles. The fourth-order valence-electron chi connectivity index (χ4n) is 5.89. The summed E-state index contributed by atoms with van der Waals surface area (Å²) in [7, 11) is 0. The number of ether oxygens (including phenoxy) is 1. The van der Waals surface area contributed by atoms with Crippen molar-refractivity contribution in [3.8, 4) is 0 Å². The zero-order valence-electron chi connectivity index (χ0n) is 27.9. The lowest BCUT2D eigenvalue weighted by atomic mass is 9.93. The zero-order chi connectivity index (χ0) is 32.1. The van der Waals surface area contributed by atoms with Crippen molar-refractivity contribution in [2.75, 3.05) is 6.54 Å². The minimum absolute atomic E-state index is 0.104. The highest BCUT2D eigenvalue weighted by molar-refractivity contribution is 5.92. The molecule has 7 nitrogen and oxygen atoms in total. The van der Waals surface area contributed by atoms with Crippen molar-refractivity contribution in [3.63, 3.8) is 0 Å². The maximum Gasteiger partial charge on any atom is 0.408 e. The molecule has 1 saturated carbocycles. The Morgan fingerprint density at radius 2 is 1.59 bits per heavy atom. The monoisotopic (exact) mass is 605 g/mol. The second-order valence-corrected chi connectivity index (χ2v) is 13.4. The van der Waals surface area contributed by atoms with Crippen molar-refractivity contribution >= 4 is 17.9 Å². The van der Waals surface area contributed by atoms with E-state index in [4.69, 9.17) is 4.74 Å². The number of nitrogens with zero attached hydrogens (tertiary/aromatic N) is 1. The molecular weight excluding hydrogens is 550 g/mol. The molecule has 2 atom stereocenters. The lowest BCUT2D eigenvalue weighted by Gasteiger charge is -2.36. The summed E-state index contributed by atoms with van der Waals surface area (Å²) in [6.07, 6.45) is 9.98. The molecule has 2 aromatic rings. The Morgan fingerprint density at radius 1 is 0.909 bits per heavy atom. The van der Waals surface area contributed by atoms with Crippen LogP contribution in [0.5, 0.6) is 0 Å². The molecule has 0 spiro atoms. The third kappa shape index (κ3) is 11.3. The van der Waals surface area contributed by atoms with E-state index in [0.29, 0.717) is 6.54 Å². The predicted octanol–water partition coefficient (Wildman–Crippen LogP) is 7.73. The van der Waals surface area contributed by atoms with Gasteiger partial charge in [0.2, 0.25) is 11.8 Å². The fraction of sp³-hybridized carbons (Fsp3) is 0.595. The van der Waals surface area contributed by atoms with Crippen LogP contribution in [0.3, 0.4) is 0 Å². The van der Waals surface area contributed by atoms with Gasteiger partial charge in [0.05, 0.1) is 0 Å². The van der Waals surface area contributed by atoms with E-state index in [9.17, 15) is 14.4 Å². The summed E-state index contributed by atoms with van der Waals surface area (Å²) in [5, 5.41) is 6.19. The first-order valence-corrected chi connectivity index (χ1v) is 16.7. The summed E-state index contributed by atoms with van der Waals surface area (Å²) < 4.78 is 5.58. The molecule has 0 bridgehead atoms. The van der Waals surface area contributed by atoms with Crippen LogP contribution in [0.2, 0.25) is 0 Å².